The van der Waals surface area contributed by atoms with Gasteiger partial charge in [-0.2, -0.15) is 0 Å². The number of rotatable bonds is 0. The molecule has 0 unspecified atom stereocenters. The van der Waals surface area contributed by atoms with Crippen molar-refractivity contribution in [2.24, 2.45) is 0 Å². The van der Waals surface area contributed by atoms with Crippen molar-refractivity contribution in [3.05, 3.63) is 0 Å². The molecule has 0 aliphatic carbocycles. The Morgan fingerprint density at radius 2 is 1.33 bits per heavy atom. The van der Waals surface area contributed by atoms with Crippen molar-refractivity contribution in [1.82, 2.24) is 0 Å². The molecule has 0 aliphatic heterocycles. The van der Waals surface area contributed by atoms with Crippen molar-refractivity contribution >= 4 is 43.9 Å². The summed E-state index contributed by atoms with van der Waals surface area (Å²) in [6.45, 7) is 0. The van der Waals surface area contributed by atoms with Crippen molar-refractivity contribution in [1.29, 1.82) is 0 Å². The van der Waals surface area contributed by atoms with Gasteiger partial charge < -0.3 is 10.2 Å². The molecule has 6 heavy (non-hydrogen) atoms. The maximum atomic E-state index is 8.56. The van der Waals surface area contributed by atoms with Crippen LogP contribution in [0, 0.1) is 37.7 Å². The zero-order chi connectivity index (χ0) is 3.58. The fourth-order valence-electron chi connectivity index (χ4n) is 0. The fourth-order valence-corrected chi connectivity index (χ4v) is 0. The van der Waals surface area contributed by atoms with Crippen LogP contribution in [-0.4, -0.2) is 54.1 Å². The molecule has 0 amide bonds. The molecule has 0 aromatic rings. The van der Waals surface area contributed by atoms with Crippen LogP contribution >= 0.6 is 0 Å². The van der Waals surface area contributed by atoms with Crippen molar-refractivity contribution in [2.45, 2.75) is 0 Å². The maximum absolute atomic E-state index is 8.56. The molecule has 0 spiro atoms. The normalized spacial score (nSPS) is 4.00. The minimum absolute atomic E-state index is 0. The van der Waals surface area contributed by atoms with E-state index in [1.807, 2.05) is 0 Å². The third-order valence-corrected chi connectivity index (χ3v) is 0. The zero-order valence-corrected chi connectivity index (χ0v) is 2.86. The first-order valence-corrected chi connectivity index (χ1v) is 0.651. The fraction of sp³-hybridized carbons (Fsp3) is 0. The summed E-state index contributed by atoms with van der Waals surface area (Å²) in [6.07, 6.45) is -1.83. The Balaban J connectivity index is -0.0000000450. The molecule has 0 aliphatic rings. The molecule has 0 bridgehead atoms. The van der Waals surface area contributed by atoms with E-state index in [-0.39, 0.29) is 75.5 Å². The Hall–Kier alpha value is 1.79. The van der Waals surface area contributed by atoms with Crippen LogP contribution in [0.1, 0.15) is 0 Å². The molecule has 36 valence electrons. The van der Waals surface area contributed by atoms with Crippen molar-refractivity contribution in [3.63, 3.8) is 0 Å². The van der Waals surface area contributed by atoms with Gasteiger partial charge in [0, 0.05) is 37.7 Å². The van der Waals surface area contributed by atoms with Gasteiger partial charge >= 0.3 is 43.9 Å². The van der Waals surface area contributed by atoms with Crippen LogP contribution in [0.2, 0.25) is 0 Å². The van der Waals surface area contributed by atoms with Gasteiger partial charge in [0.15, 0.2) is 0 Å². The molecule has 0 radical (unpaired) electrons. The SMILES string of the molecule is O=C(O)O.[Ar].[CaH2]. The van der Waals surface area contributed by atoms with E-state index in [0.29, 0.717) is 0 Å². The Bertz CT molecular complexity index is 33.8. The standard InChI is InChI=1S/CH2O3.Ar.Ca.2H/c2-1(3)4;;;;/h(H2,2,3,4);;;;. The molecule has 5 heteroatoms. The second kappa shape index (κ2) is 9.92. The van der Waals surface area contributed by atoms with Crippen molar-refractivity contribution in [3.8, 4) is 0 Å². The first-order valence-electron chi connectivity index (χ1n) is 0.651. The zero-order valence-electron chi connectivity index (χ0n) is 2.16. The Kier molecular flexibility index (Phi) is 25.9. The Morgan fingerprint density at radius 1 is 1.33 bits per heavy atom. The summed E-state index contributed by atoms with van der Waals surface area (Å²) in [5.41, 5.74) is 0. The first kappa shape index (κ1) is 15.7. The van der Waals surface area contributed by atoms with Gasteiger partial charge in [-0.25, -0.2) is 4.79 Å². The van der Waals surface area contributed by atoms with Crippen LogP contribution in [0.3, 0.4) is 0 Å². The van der Waals surface area contributed by atoms with Gasteiger partial charge in [-0.05, 0) is 0 Å². The van der Waals surface area contributed by atoms with Crippen molar-refractivity contribution < 1.29 is 52.7 Å². The Morgan fingerprint density at radius 3 is 1.33 bits per heavy atom. The van der Waals surface area contributed by atoms with Crippen LogP contribution in [0.4, 0.5) is 4.79 Å². The van der Waals surface area contributed by atoms with Crippen LogP contribution in [0.5, 0.6) is 0 Å². The summed E-state index contributed by atoms with van der Waals surface area (Å²) in [7, 11) is 0. The van der Waals surface area contributed by atoms with E-state index < -0.39 is 6.16 Å². The van der Waals surface area contributed by atoms with Gasteiger partial charge in [0.25, 0.3) is 0 Å². The number of hydrogen-bond acceptors (Lipinski definition) is 1. The van der Waals surface area contributed by atoms with Crippen molar-refractivity contribution in [2.75, 3.05) is 0 Å². The second-order valence-electron chi connectivity index (χ2n) is 0.283. The van der Waals surface area contributed by atoms with Gasteiger partial charge in [0.1, 0.15) is 0 Å². The van der Waals surface area contributed by atoms with Gasteiger partial charge in [-0.3, -0.25) is 0 Å². The van der Waals surface area contributed by atoms with E-state index in [2.05, 4.69) is 0 Å². The van der Waals surface area contributed by atoms with Gasteiger partial charge in [-0.1, -0.05) is 0 Å². The molecule has 0 aromatic heterocycles. The number of carbonyl (C=O) groups is 1. The topological polar surface area (TPSA) is 57.5 Å². The predicted molar refractivity (Wildman–Crippen MR) is 19.2 cm³/mol. The van der Waals surface area contributed by atoms with Crippen LogP contribution in [-0.2, 0) is 0 Å². The first-order chi connectivity index (χ1) is 1.73. The summed E-state index contributed by atoms with van der Waals surface area (Å²) >= 11 is 0. The molecule has 0 saturated heterocycles. The molecule has 0 saturated carbocycles. The van der Waals surface area contributed by atoms with Gasteiger partial charge in [0.2, 0.25) is 0 Å². The minimum atomic E-state index is -1.83. The van der Waals surface area contributed by atoms with E-state index in [1.165, 1.54) is 0 Å². The van der Waals surface area contributed by atoms with E-state index in [0.717, 1.165) is 0 Å². The molecule has 2 N–H and O–H groups in total. The van der Waals surface area contributed by atoms with Crippen LogP contribution in [0.15, 0.2) is 0 Å². The van der Waals surface area contributed by atoms with Crippen LogP contribution in [0.25, 0.3) is 0 Å². The number of hydrogen-bond donors (Lipinski definition) is 2. The molecule has 0 atom stereocenters. The van der Waals surface area contributed by atoms with E-state index in [4.69, 9.17) is 15.0 Å². The summed E-state index contributed by atoms with van der Waals surface area (Å²) < 4.78 is 0. The molecular formula is CH4ArCaO3. The third-order valence-electron chi connectivity index (χ3n) is 0. The summed E-state index contributed by atoms with van der Waals surface area (Å²) in [4.78, 5) is 8.56. The molecule has 0 aromatic carbocycles. The third kappa shape index (κ3) is 41.5. The predicted octanol–water partition coefficient (Wildman–Crippen LogP) is -0.694. The quantitative estimate of drug-likeness (QED) is 0.442. The van der Waals surface area contributed by atoms with Gasteiger partial charge in [0.05, 0.1) is 0 Å². The van der Waals surface area contributed by atoms with Gasteiger partial charge in [-0.15, -0.1) is 0 Å². The second-order valence-corrected chi connectivity index (χ2v) is 0.283. The molecule has 0 heterocycles. The summed E-state index contributed by atoms with van der Waals surface area (Å²) in [5, 5.41) is 13.9. The molecule has 3 nitrogen and oxygen atoms in total. The van der Waals surface area contributed by atoms with E-state index in [1.54, 1.807) is 0 Å². The average molecular weight is 144 g/mol. The number of carboxylic acid groups (broad SMARTS) is 2. The molecule has 0 rings (SSSR count). The van der Waals surface area contributed by atoms with Crippen LogP contribution < -0.4 is 0 Å². The van der Waals surface area contributed by atoms with E-state index in [9.17, 15) is 0 Å². The Labute approximate surface area is 94.7 Å². The monoisotopic (exact) mass is 144 g/mol. The average Bonchev–Trinajstić information content (AvgIpc) is 0.811. The molecule has 0 fully saturated rings. The van der Waals surface area contributed by atoms with E-state index >= 15 is 0 Å². The molecular weight excluding hydrogens is 140 g/mol. The summed E-state index contributed by atoms with van der Waals surface area (Å²) in [6, 6.07) is 0. The summed E-state index contributed by atoms with van der Waals surface area (Å²) in [5.74, 6) is 0.